The Bertz CT molecular complexity index is 663. The third kappa shape index (κ3) is 2.42. The van der Waals surface area contributed by atoms with E-state index in [1.165, 1.54) is 31.1 Å². The molecule has 2 aromatic heterocycles. The Morgan fingerprint density at radius 3 is 2.50 bits per heavy atom. The van der Waals surface area contributed by atoms with Gasteiger partial charge in [0.1, 0.15) is 11.5 Å². The second-order valence-electron chi connectivity index (χ2n) is 6.93. The molecule has 22 heavy (non-hydrogen) atoms. The molecule has 2 fully saturated rings. The second-order valence-corrected chi connectivity index (χ2v) is 6.93. The number of aromatic nitrogens is 3. The molecule has 0 amide bonds. The Hall–Kier alpha value is -1.78. The molecular formula is C17H25N5. The number of rotatable bonds is 2. The SMILES string of the molecule is Cc1cc2c(N3CCC(C)CC3)nc(N3CCCC3)nc2[nH]1. The summed E-state index contributed by atoms with van der Waals surface area (Å²) in [6.45, 7) is 8.83. The fourth-order valence-electron chi connectivity index (χ4n) is 3.63. The van der Waals surface area contributed by atoms with Crippen LogP contribution < -0.4 is 9.80 Å². The van der Waals surface area contributed by atoms with Crippen molar-refractivity contribution < 1.29 is 0 Å². The molecule has 4 rings (SSSR count). The van der Waals surface area contributed by atoms with Gasteiger partial charge in [0.05, 0.1) is 5.39 Å². The van der Waals surface area contributed by atoms with Crippen LogP contribution >= 0.6 is 0 Å². The molecule has 0 bridgehead atoms. The average molecular weight is 299 g/mol. The van der Waals surface area contributed by atoms with Crippen molar-refractivity contribution >= 4 is 22.8 Å². The van der Waals surface area contributed by atoms with E-state index in [2.05, 4.69) is 34.7 Å². The molecule has 2 aliphatic rings. The molecule has 0 atom stereocenters. The summed E-state index contributed by atoms with van der Waals surface area (Å²) in [5.41, 5.74) is 2.15. The van der Waals surface area contributed by atoms with Crippen molar-refractivity contribution in [3.63, 3.8) is 0 Å². The maximum absolute atomic E-state index is 4.97. The highest BCUT2D eigenvalue weighted by molar-refractivity contribution is 5.89. The number of nitrogens with zero attached hydrogens (tertiary/aromatic N) is 4. The van der Waals surface area contributed by atoms with Crippen molar-refractivity contribution in [1.82, 2.24) is 15.0 Å². The lowest BCUT2D eigenvalue weighted by Gasteiger charge is -2.32. The molecule has 0 saturated carbocycles. The van der Waals surface area contributed by atoms with Gasteiger partial charge in [-0.05, 0) is 44.6 Å². The predicted octanol–water partition coefficient (Wildman–Crippen LogP) is 3.10. The Morgan fingerprint density at radius 1 is 1.05 bits per heavy atom. The number of H-pyrrole nitrogens is 1. The van der Waals surface area contributed by atoms with E-state index in [0.717, 1.165) is 55.2 Å². The highest BCUT2D eigenvalue weighted by Crippen LogP contribution is 2.31. The molecule has 0 spiro atoms. The average Bonchev–Trinajstić information content (AvgIpc) is 3.15. The maximum Gasteiger partial charge on any atom is 0.229 e. The molecule has 0 unspecified atom stereocenters. The zero-order valence-electron chi connectivity index (χ0n) is 13.6. The third-order valence-electron chi connectivity index (χ3n) is 5.06. The standard InChI is InChI=1S/C17H25N5/c1-12-5-9-21(10-6-12)16-14-11-13(2)18-15(14)19-17(20-16)22-7-3-4-8-22/h11-12H,3-10H2,1-2H3,(H,18,19,20). The minimum Gasteiger partial charge on any atom is -0.356 e. The van der Waals surface area contributed by atoms with Gasteiger partial charge in [0, 0.05) is 31.9 Å². The van der Waals surface area contributed by atoms with Crippen LogP contribution in [0.25, 0.3) is 11.0 Å². The number of hydrogen-bond donors (Lipinski definition) is 1. The second kappa shape index (κ2) is 5.45. The van der Waals surface area contributed by atoms with E-state index in [1.807, 2.05) is 0 Å². The molecule has 1 N–H and O–H groups in total. The maximum atomic E-state index is 4.97. The van der Waals surface area contributed by atoms with E-state index in [-0.39, 0.29) is 0 Å². The number of aryl methyl sites for hydroxylation is 1. The summed E-state index contributed by atoms with van der Waals surface area (Å²) in [5, 5.41) is 1.18. The molecule has 0 aromatic carbocycles. The van der Waals surface area contributed by atoms with Gasteiger partial charge >= 0.3 is 0 Å². The van der Waals surface area contributed by atoms with Gasteiger partial charge in [0.2, 0.25) is 5.95 Å². The van der Waals surface area contributed by atoms with Gasteiger partial charge in [0.25, 0.3) is 0 Å². The van der Waals surface area contributed by atoms with E-state index < -0.39 is 0 Å². The molecule has 4 heterocycles. The first-order valence-electron chi connectivity index (χ1n) is 8.58. The summed E-state index contributed by atoms with van der Waals surface area (Å²) in [5.74, 6) is 2.86. The minimum absolute atomic E-state index is 0.833. The van der Waals surface area contributed by atoms with Crippen LogP contribution in [0.4, 0.5) is 11.8 Å². The summed E-state index contributed by atoms with van der Waals surface area (Å²) in [7, 11) is 0. The number of piperidine rings is 1. The number of nitrogens with one attached hydrogen (secondary N) is 1. The fraction of sp³-hybridized carbons (Fsp3) is 0.647. The van der Waals surface area contributed by atoms with E-state index in [4.69, 9.17) is 9.97 Å². The smallest absolute Gasteiger partial charge is 0.229 e. The highest BCUT2D eigenvalue weighted by Gasteiger charge is 2.23. The number of fused-ring (bicyclic) bond motifs is 1. The Balaban J connectivity index is 1.76. The van der Waals surface area contributed by atoms with Crippen LogP contribution in [0.1, 0.15) is 38.3 Å². The lowest BCUT2D eigenvalue weighted by Crippen LogP contribution is -2.34. The van der Waals surface area contributed by atoms with Crippen molar-refractivity contribution in [2.24, 2.45) is 5.92 Å². The van der Waals surface area contributed by atoms with Gasteiger partial charge in [0.15, 0.2) is 0 Å². The van der Waals surface area contributed by atoms with Crippen molar-refractivity contribution in [3.05, 3.63) is 11.8 Å². The molecule has 2 saturated heterocycles. The summed E-state index contributed by atoms with van der Waals surface area (Å²) >= 11 is 0. The Kier molecular flexibility index (Phi) is 3.43. The van der Waals surface area contributed by atoms with Gasteiger partial charge in [-0.15, -0.1) is 0 Å². The first-order chi connectivity index (χ1) is 10.7. The van der Waals surface area contributed by atoms with Gasteiger partial charge in [-0.3, -0.25) is 0 Å². The van der Waals surface area contributed by atoms with E-state index >= 15 is 0 Å². The first-order valence-corrected chi connectivity index (χ1v) is 8.58. The molecule has 118 valence electrons. The lowest BCUT2D eigenvalue weighted by molar-refractivity contribution is 0.437. The van der Waals surface area contributed by atoms with Gasteiger partial charge in [-0.2, -0.15) is 9.97 Å². The molecule has 2 aliphatic heterocycles. The van der Waals surface area contributed by atoms with Gasteiger partial charge in [-0.25, -0.2) is 0 Å². The van der Waals surface area contributed by atoms with Crippen molar-refractivity contribution in [1.29, 1.82) is 0 Å². The summed E-state index contributed by atoms with van der Waals surface area (Å²) in [4.78, 5) is 17.9. The summed E-state index contributed by atoms with van der Waals surface area (Å²) in [6.07, 6.45) is 5.02. The molecule has 5 nitrogen and oxygen atoms in total. The summed E-state index contributed by atoms with van der Waals surface area (Å²) < 4.78 is 0. The Morgan fingerprint density at radius 2 is 1.77 bits per heavy atom. The minimum atomic E-state index is 0.833. The molecule has 2 aromatic rings. The van der Waals surface area contributed by atoms with Gasteiger partial charge in [-0.1, -0.05) is 6.92 Å². The number of anilines is 2. The van der Waals surface area contributed by atoms with Gasteiger partial charge < -0.3 is 14.8 Å². The van der Waals surface area contributed by atoms with E-state index in [0.29, 0.717) is 0 Å². The number of hydrogen-bond acceptors (Lipinski definition) is 4. The highest BCUT2D eigenvalue weighted by atomic mass is 15.3. The van der Waals surface area contributed by atoms with Crippen molar-refractivity contribution in [2.45, 2.75) is 39.5 Å². The normalized spacial score (nSPS) is 20.3. The first kappa shape index (κ1) is 13.9. The quantitative estimate of drug-likeness (QED) is 0.925. The topological polar surface area (TPSA) is 48.1 Å². The van der Waals surface area contributed by atoms with Crippen LogP contribution in [0.15, 0.2) is 6.07 Å². The van der Waals surface area contributed by atoms with E-state index in [9.17, 15) is 0 Å². The van der Waals surface area contributed by atoms with E-state index in [1.54, 1.807) is 0 Å². The van der Waals surface area contributed by atoms with Crippen molar-refractivity contribution in [2.75, 3.05) is 36.0 Å². The van der Waals surface area contributed by atoms with Crippen LogP contribution in [0.5, 0.6) is 0 Å². The fourth-order valence-corrected chi connectivity index (χ4v) is 3.63. The molecule has 0 radical (unpaired) electrons. The summed E-state index contributed by atoms with van der Waals surface area (Å²) in [6, 6.07) is 2.19. The van der Waals surface area contributed by atoms with Crippen molar-refractivity contribution in [3.8, 4) is 0 Å². The monoisotopic (exact) mass is 299 g/mol. The van der Waals surface area contributed by atoms with Crippen LogP contribution in [0.3, 0.4) is 0 Å². The molecule has 0 aliphatic carbocycles. The zero-order valence-corrected chi connectivity index (χ0v) is 13.6. The number of aromatic amines is 1. The largest absolute Gasteiger partial charge is 0.356 e. The van der Waals surface area contributed by atoms with Crippen LogP contribution in [0, 0.1) is 12.8 Å². The zero-order chi connectivity index (χ0) is 15.1. The lowest BCUT2D eigenvalue weighted by atomic mass is 9.99. The van der Waals surface area contributed by atoms with Crippen LogP contribution in [-0.2, 0) is 0 Å². The predicted molar refractivity (Wildman–Crippen MR) is 90.7 cm³/mol. The van der Waals surface area contributed by atoms with Crippen LogP contribution in [-0.4, -0.2) is 41.1 Å². The third-order valence-corrected chi connectivity index (χ3v) is 5.06. The van der Waals surface area contributed by atoms with Crippen LogP contribution in [0.2, 0.25) is 0 Å². The molecular weight excluding hydrogens is 274 g/mol. The Labute approximate surface area is 131 Å². The molecule has 5 heteroatoms.